The Morgan fingerprint density at radius 1 is 1.45 bits per heavy atom. The summed E-state index contributed by atoms with van der Waals surface area (Å²) < 4.78 is 5.06. The molecule has 0 unspecified atom stereocenters. The number of anilines is 1. The minimum absolute atomic E-state index is 0.266. The fraction of sp³-hybridized carbons (Fsp3) is 0.625. The monoisotopic (exact) mass is 340 g/mol. The van der Waals surface area contributed by atoms with Crippen molar-refractivity contribution >= 4 is 39.6 Å². The lowest BCUT2D eigenvalue weighted by Crippen LogP contribution is -2.42. The van der Waals surface area contributed by atoms with Gasteiger partial charge in [0.2, 0.25) is 0 Å². The molecule has 1 aliphatic rings. The van der Waals surface area contributed by atoms with Gasteiger partial charge in [-0.2, -0.15) is 0 Å². The lowest BCUT2D eigenvalue weighted by Gasteiger charge is -2.30. The molecule has 1 saturated carbocycles. The number of esters is 1. The predicted molar refractivity (Wildman–Crippen MR) is 95.8 cm³/mol. The topological polar surface area (TPSA) is 50.4 Å². The number of hydrogen-bond donors (Lipinski definition) is 2. The second-order valence-electron chi connectivity index (χ2n) is 5.81. The first-order valence-electron chi connectivity index (χ1n) is 7.86. The molecule has 0 spiro atoms. The Morgan fingerprint density at radius 3 is 2.86 bits per heavy atom. The molecule has 0 aromatic carbocycles. The fourth-order valence-electron chi connectivity index (χ4n) is 2.79. The van der Waals surface area contributed by atoms with Gasteiger partial charge in [-0.3, -0.25) is 0 Å². The maximum atomic E-state index is 11.8. The Balaban J connectivity index is 1.94. The van der Waals surface area contributed by atoms with Crippen LogP contribution in [0.25, 0.3) is 0 Å². The maximum Gasteiger partial charge on any atom is 0.348 e. The summed E-state index contributed by atoms with van der Waals surface area (Å²) in [6.45, 7) is 6.38. The van der Waals surface area contributed by atoms with Crippen molar-refractivity contribution in [3.8, 4) is 0 Å². The predicted octanol–water partition coefficient (Wildman–Crippen LogP) is 4.10. The molecule has 4 nitrogen and oxygen atoms in total. The van der Waals surface area contributed by atoms with Crippen LogP contribution in [0.15, 0.2) is 6.07 Å². The number of nitrogens with one attached hydrogen (secondary N) is 2. The van der Waals surface area contributed by atoms with Gasteiger partial charge < -0.3 is 15.4 Å². The summed E-state index contributed by atoms with van der Waals surface area (Å²) >= 11 is 6.79. The average molecular weight is 341 g/mol. The van der Waals surface area contributed by atoms with Crippen LogP contribution in [0.3, 0.4) is 0 Å². The van der Waals surface area contributed by atoms with E-state index in [1.54, 1.807) is 0 Å². The molecular formula is C16H24N2O2S2. The first-order valence-corrected chi connectivity index (χ1v) is 9.08. The highest BCUT2D eigenvalue weighted by Crippen LogP contribution is 2.28. The van der Waals surface area contributed by atoms with Crippen LogP contribution in [0.1, 0.15) is 54.8 Å². The van der Waals surface area contributed by atoms with Gasteiger partial charge in [0.05, 0.1) is 11.6 Å². The van der Waals surface area contributed by atoms with E-state index in [9.17, 15) is 4.79 Å². The van der Waals surface area contributed by atoms with E-state index < -0.39 is 0 Å². The highest BCUT2D eigenvalue weighted by atomic mass is 32.1. The SMILES string of the molecule is CCOC(=O)c1sc(NC(=S)N[C@H]2CCCC[C@H]2C)cc1C. The molecule has 1 heterocycles. The van der Waals surface area contributed by atoms with E-state index in [1.165, 1.54) is 37.0 Å². The van der Waals surface area contributed by atoms with Crippen LogP contribution >= 0.6 is 23.6 Å². The third-order valence-electron chi connectivity index (χ3n) is 4.04. The van der Waals surface area contributed by atoms with Crippen LogP contribution in [0.4, 0.5) is 5.00 Å². The van der Waals surface area contributed by atoms with Crippen molar-refractivity contribution in [1.82, 2.24) is 5.32 Å². The highest BCUT2D eigenvalue weighted by molar-refractivity contribution is 7.80. The quantitative estimate of drug-likeness (QED) is 0.638. The third kappa shape index (κ3) is 4.43. The van der Waals surface area contributed by atoms with Gasteiger partial charge in [-0.05, 0) is 56.5 Å². The molecule has 0 bridgehead atoms. The van der Waals surface area contributed by atoms with Gasteiger partial charge in [0, 0.05) is 6.04 Å². The molecule has 6 heteroatoms. The number of carbonyl (C=O) groups excluding carboxylic acids is 1. The highest BCUT2D eigenvalue weighted by Gasteiger charge is 2.22. The van der Waals surface area contributed by atoms with Gasteiger partial charge >= 0.3 is 5.97 Å². The third-order valence-corrected chi connectivity index (χ3v) is 5.40. The Hall–Kier alpha value is -1.14. The van der Waals surface area contributed by atoms with Crippen LogP contribution in [0.2, 0.25) is 0 Å². The molecule has 22 heavy (non-hydrogen) atoms. The lowest BCUT2D eigenvalue weighted by atomic mass is 9.86. The molecule has 122 valence electrons. The summed E-state index contributed by atoms with van der Waals surface area (Å²) in [5.41, 5.74) is 0.916. The summed E-state index contributed by atoms with van der Waals surface area (Å²) in [6.07, 6.45) is 4.99. The van der Waals surface area contributed by atoms with Crippen LogP contribution in [-0.4, -0.2) is 23.7 Å². The lowest BCUT2D eigenvalue weighted by molar-refractivity contribution is 0.0531. The van der Waals surface area contributed by atoms with Gasteiger partial charge in [0.1, 0.15) is 4.88 Å². The van der Waals surface area contributed by atoms with Crippen molar-refractivity contribution < 1.29 is 9.53 Å². The minimum atomic E-state index is -0.266. The number of ether oxygens (including phenoxy) is 1. The normalized spacial score (nSPS) is 21.2. The fourth-order valence-corrected chi connectivity index (χ4v) is 4.09. The van der Waals surface area contributed by atoms with E-state index in [0.29, 0.717) is 28.6 Å². The Morgan fingerprint density at radius 2 is 2.18 bits per heavy atom. The van der Waals surface area contributed by atoms with Gasteiger partial charge in [-0.25, -0.2) is 4.79 Å². The molecular weight excluding hydrogens is 316 g/mol. The molecule has 0 aliphatic heterocycles. The van der Waals surface area contributed by atoms with Crippen molar-refractivity contribution in [3.05, 3.63) is 16.5 Å². The molecule has 0 saturated heterocycles. The molecule has 2 rings (SSSR count). The van der Waals surface area contributed by atoms with Crippen molar-refractivity contribution in [3.63, 3.8) is 0 Å². The van der Waals surface area contributed by atoms with E-state index in [2.05, 4.69) is 17.6 Å². The van der Waals surface area contributed by atoms with Crippen molar-refractivity contribution in [1.29, 1.82) is 0 Å². The smallest absolute Gasteiger partial charge is 0.348 e. The van der Waals surface area contributed by atoms with E-state index >= 15 is 0 Å². The van der Waals surface area contributed by atoms with E-state index in [-0.39, 0.29) is 5.97 Å². The van der Waals surface area contributed by atoms with Crippen molar-refractivity contribution in [2.24, 2.45) is 5.92 Å². The summed E-state index contributed by atoms with van der Waals surface area (Å²) in [5.74, 6) is 0.381. The van der Waals surface area contributed by atoms with E-state index in [1.807, 2.05) is 19.9 Å². The molecule has 2 N–H and O–H groups in total. The number of carbonyl (C=O) groups is 1. The summed E-state index contributed by atoms with van der Waals surface area (Å²) in [7, 11) is 0. The Kier molecular flexibility index (Phi) is 6.20. The zero-order chi connectivity index (χ0) is 16.1. The maximum absolute atomic E-state index is 11.8. The molecule has 1 aromatic rings. The van der Waals surface area contributed by atoms with Gasteiger partial charge in [-0.15, -0.1) is 11.3 Å². The zero-order valence-corrected chi connectivity index (χ0v) is 15.0. The van der Waals surface area contributed by atoms with Crippen LogP contribution < -0.4 is 10.6 Å². The molecule has 0 radical (unpaired) electrons. The number of rotatable bonds is 4. The average Bonchev–Trinajstić information content (AvgIpc) is 2.82. The second kappa shape index (κ2) is 7.92. The Labute approximate surface area is 141 Å². The van der Waals surface area contributed by atoms with Gasteiger partial charge in [0.25, 0.3) is 0 Å². The van der Waals surface area contributed by atoms with Crippen LogP contribution in [0, 0.1) is 12.8 Å². The minimum Gasteiger partial charge on any atom is -0.462 e. The largest absolute Gasteiger partial charge is 0.462 e. The molecule has 1 aromatic heterocycles. The molecule has 2 atom stereocenters. The summed E-state index contributed by atoms with van der Waals surface area (Å²) in [6, 6.07) is 2.38. The van der Waals surface area contributed by atoms with Gasteiger partial charge in [-0.1, -0.05) is 19.8 Å². The number of hydrogen-bond acceptors (Lipinski definition) is 4. The molecule has 1 fully saturated rings. The van der Waals surface area contributed by atoms with Crippen LogP contribution in [0.5, 0.6) is 0 Å². The number of thiophene rings is 1. The van der Waals surface area contributed by atoms with E-state index in [4.69, 9.17) is 17.0 Å². The molecule has 1 aliphatic carbocycles. The zero-order valence-electron chi connectivity index (χ0n) is 13.4. The summed E-state index contributed by atoms with van der Waals surface area (Å²) in [5, 5.41) is 8.12. The van der Waals surface area contributed by atoms with E-state index in [0.717, 1.165) is 10.6 Å². The second-order valence-corrected chi connectivity index (χ2v) is 7.27. The number of aryl methyl sites for hydroxylation is 1. The van der Waals surface area contributed by atoms with Crippen LogP contribution in [-0.2, 0) is 4.74 Å². The molecule has 0 amide bonds. The standard InChI is InChI=1S/C16H24N2O2S2/c1-4-20-15(19)14-11(3)9-13(22-14)18-16(21)17-12-8-6-5-7-10(12)2/h9-10,12H,4-8H2,1-3H3,(H2,17,18,21)/t10-,12+/m1/s1. The Bertz CT molecular complexity index is 542. The number of thiocarbonyl (C=S) groups is 1. The first kappa shape index (κ1) is 17.2. The summed E-state index contributed by atoms with van der Waals surface area (Å²) in [4.78, 5) is 12.5. The van der Waals surface area contributed by atoms with Crippen molar-refractivity contribution in [2.75, 3.05) is 11.9 Å². The van der Waals surface area contributed by atoms with Gasteiger partial charge in [0.15, 0.2) is 5.11 Å². The van der Waals surface area contributed by atoms with Crippen molar-refractivity contribution in [2.45, 2.75) is 52.5 Å². The first-order chi connectivity index (χ1) is 10.5.